The van der Waals surface area contributed by atoms with Gasteiger partial charge in [-0.2, -0.15) is 0 Å². The van der Waals surface area contributed by atoms with Gasteiger partial charge in [0.15, 0.2) is 0 Å². The summed E-state index contributed by atoms with van der Waals surface area (Å²) in [6, 6.07) is 1.99. The molecule has 2 heterocycles. The summed E-state index contributed by atoms with van der Waals surface area (Å²) >= 11 is 4.23. The summed E-state index contributed by atoms with van der Waals surface area (Å²) in [5.41, 5.74) is 2.03. The maximum absolute atomic E-state index is 5.47. The van der Waals surface area contributed by atoms with E-state index in [0.29, 0.717) is 12.5 Å². The molecular weight excluding hydrogens is 221 g/mol. The molecule has 0 bridgehead atoms. The molecule has 78 valence electrons. The number of rotatable bonds is 1. The summed E-state index contributed by atoms with van der Waals surface area (Å²) in [5.74, 6) is 0.574. The first-order valence-corrected chi connectivity index (χ1v) is 7.20. The van der Waals surface area contributed by atoms with Crippen LogP contribution in [0.25, 0.3) is 0 Å². The van der Waals surface area contributed by atoms with Crippen molar-refractivity contribution in [1.29, 1.82) is 0 Å². The van der Waals surface area contributed by atoms with Crippen molar-refractivity contribution >= 4 is 19.4 Å². The van der Waals surface area contributed by atoms with E-state index in [1.165, 1.54) is 7.11 Å². The molecule has 0 saturated heterocycles. The summed E-state index contributed by atoms with van der Waals surface area (Å²) in [7, 11) is -1.22. The van der Waals surface area contributed by atoms with Gasteiger partial charge in [-0.25, -0.2) is 0 Å². The molecule has 0 spiro atoms. The molecule has 0 aromatic carbocycles. The summed E-state index contributed by atoms with van der Waals surface area (Å²) < 4.78 is 16.0. The summed E-state index contributed by atoms with van der Waals surface area (Å²) in [6.45, 7) is 2.43. The molecule has 0 fully saturated rings. The Labute approximate surface area is 88.3 Å². The van der Waals surface area contributed by atoms with Crippen LogP contribution < -0.4 is 4.52 Å². The Bertz CT molecular complexity index is 362. The van der Waals surface area contributed by atoms with E-state index >= 15 is 0 Å². The fraction of sp³-hybridized carbons (Fsp3) is 0.375. The van der Waals surface area contributed by atoms with Crippen LogP contribution in [-0.4, -0.2) is 12.1 Å². The first kappa shape index (κ1) is 10.2. The van der Waals surface area contributed by atoms with Crippen molar-refractivity contribution in [2.75, 3.05) is 7.11 Å². The van der Waals surface area contributed by atoms with Crippen LogP contribution in [0.3, 0.4) is 0 Å². The van der Waals surface area contributed by atoms with Gasteiger partial charge in [-0.3, -0.25) is 0 Å². The quantitative estimate of drug-likeness (QED) is 0.596. The monoisotopic (exact) mass is 233 g/mol. The van der Waals surface area contributed by atoms with Gasteiger partial charge in [0.25, 0.3) is 0 Å². The van der Waals surface area contributed by atoms with Crippen LogP contribution >= 0.6 is 19.4 Å². The SMILES string of the molecule is CO[PH]1(S)OCc2cc(C)cnc2O1. The second-order valence-electron chi connectivity index (χ2n) is 3.10. The second-order valence-corrected chi connectivity index (χ2v) is 6.69. The van der Waals surface area contributed by atoms with E-state index in [1.807, 2.05) is 13.0 Å². The van der Waals surface area contributed by atoms with Crippen molar-refractivity contribution < 1.29 is 13.6 Å². The van der Waals surface area contributed by atoms with E-state index < -0.39 is 7.15 Å². The van der Waals surface area contributed by atoms with E-state index in [-0.39, 0.29) is 0 Å². The van der Waals surface area contributed by atoms with Gasteiger partial charge in [-0.15, -0.1) is 0 Å². The van der Waals surface area contributed by atoms with Gasteiger partial charge in [0.2, 0.25) is 0 Å². The van der Waals surface area contributed by atoms with Crippen molar-refractivity contribution in [3.63, 3.8) is 0 Å². The summed E-state index contributed by atoms with van der Waals surface area (Å²) in [5, 5.41) is 0. The first-order valence-electron chi connectivity index (χ1n) is 4.19. The molecule has 0 aliphatic carbocycles. The molecule has 0 amide bonds. The molecule has 0 saturated carbocycles. The molecule has 0 N–H and O–H groups in total. The number of thiol groups is 1. The Balaban J connectivity index is 2.31. The molecule has 1 aromatic rings. The zero-order valence-corrected chi connectivity index (χ0v) is 9.88. The molecular formula is C8H12NO3PS. The minimum absolute atomic E-state index is 0.452. The number of fused-ring (bicyclic) bond motifs is 1. The second kappa shape index (κ2) is 3.66. The van der Waals surface area contributed by atoms with Crippen molar-refractivity contribution in [2.45, 2.75) is 13.5 Å². The average Bonchev–Trinajstić information content (AvgIpc) is 2.19. The Kier molecular flexibility index (Phi) is 2.66. The topological polar surface area (TPSA) is 40.6 Å². The third-order valence-electron chi connectivity index (χ3n) is 1.96. The molecule has 6 heteroatoms. The van der Waals surface area contributed by atoms with E-state index in [9.17, 15) is 0 Å². The fourth-order valence-electron chi connectivity index (χ4n) is 1.23. The Hall–Kier alpha value is -0.350. The molecule has 1 aliphatic rings. The average molecular weight is 233 g/mol. The molecule has 2 rings (SSSR count). The van der Waals surface area contributed by atoms with Gasteiger partial charge < -0.3 is 0 Å². The molecule has 14 heavy (non-hydrogen) atoms. The number of hydrogen-bond acceptors (Lipinski definition) is 5. The number of hydrogen-bond donors (Lipinski definition) is 1. The van der Waals surface area contributed by atoms with Crippen LogP contribution in [0.5, 0.6) is 5.88 Å². The van der Waals surface area contributed by atoms with E-state index in [0.717, 1.165) is 11.1 Å². The van der Waals surface area contributed by atoms with E-state index in [1.54, 1.807) is 6.20 Å². The molecule has 4 nitrogen and oxygen atoms in total. The third-order valence-corrected chi connectivity index (χ3v) is 4.64. The number of aromatic nitrogens is 1. The maximum atomic E-state index is 5.47. The predicted molar refractivity (Wildman–Crippen MR) is 58.7 cm³/mol. The number of nitrogens with zero attached hydrogens (tertiary/aromatic N) is 1. The molecule has 0 radical (unpaired) electrons. The minimum atomic E-state index is -2.75. The molecule has 1 aromatic heterocycles. The van der Waals surface area contributed by atoms with Gasteiger partial charge >= 0.3 is 87.9 Å². The van der Waals surface area contributed by atoms with Gasteiger partial charge in [0.1, 0.15) is 0 Å². The molecule has 0 atom stereocenters. The van der Waals surface area contributed by atoms with Gasteiger partial charge in [0.05, 0.1) is 0 Å². The van der Waals surface area contributed by atoms with Crippen molar-refractivity contribution in [3.8, 4) is 5.88 Å². The third kappa shape index (κ3) is 1.86. The van der Waals surface area contributed by atoms with Crippen molar-refractivity contribution in [3.05, 3.63) is 23.4 Å². The van der Waals surface area contributed by atoms with Crippen LogP contribution in [0, 0.1) is 6.92 Å². The zero-order chi connectivity index (χ0) is 10.2. The van der Waals surface area contributed by atoms with Gasteiger partial charge in [0, 0.05) is 0 Å². The number of pyridine rings is 1. The van der Waals surface area contributed by atoms with Crippen molar-refractivity contribution in [2.24, 2.45) is 0 Å². The van der Waals surface area contributed by atoms with Crippen LogP contribution in [0.15, 0.2) is 12.3 Å². The zero-order valence-electron chi connectivity index (χ0n) is 7.98. The standard InChI is InChI=1S/C8H12NO3PS/c1-6-3-7-5-11-13(14,10-2)12-8(7)9-4-6/h3-4,13-14H,5H2,1-2H3. The van der Waals surface area contributed by atoms with Crippen LogP contribution in [-0.2, 0) is 15.7 Å². The van der Waals surface area contributed by atoms with Crippen LogP contribution in [0.1, 0.15) is 11.1 Å². The van der Waals surface area contributed by atoms with Crippen LogP contribution in [0.4, 0.5) is 0 Å². The molecule has 1 aliphatic heterocycles. The Morgan fingerprint density at radius 3 is 3.14 bits per heavy atom. The summed E-state index contributed by atoms with van der Waals surface area (Å²) in [6.07, 6.45) is 1.75. The fourth-order valence-corrected chi connectivity index (χ4v) is 2.71. The summed E-state index contributed by atoms with van der Waals surface area (Å²) in [4.78, 5) is 4.17. The van der Waals surface area contributed by atoms with Gasteiger partial charge in [-0.1, -0.05) is 0 Å². The van der Waals surface area contributed by atoms with Crippen LogP contribution in [0.2, 0.25) is 0 Å². The predicted octanol–water partition coefficient (Wildman–Crippen LogP) is 2.29. The van der Waals surface area contributed by atoms with Crippen molar-refractivity contribution in [1.82, 2.24) is 4.98 Å². The molecule has 0 unspecified atom stereocenters. The van der Waals surface area contributed by atoms with Gasteiger partial charge in [-0.05, 0) is 0 Å². The Morgan fingerprint density at radius 1 is 1.64 bits per heavy atom. The van der Waals surface area contributed by atoms with E-state index in [4.69, 9.17) is 13.6 Å². The Morgan fingerprint density at radius 2 is 2.43 bits per heavy atom. The first-order chi connectivity index (χ1) is 6.63. The normalized spacial score (nSPS) is 20.8. The van der Waals surface area contributed by atoms with E-state index in [2.05, 4.69) is 17.2 Å². The number of aryl methyl sites for hydroxylation is 1.